The molecule has 260 valence electrons. The van der Waals surface area contributed by atoms with E-state index in [-0.39, 0.29) is 53.0 Å². The van der Waals surface area contributed by atoms with Gasteiger partial charge in [0.25, 0.3) is 15.9 Å². The van der Waals surface area contributed by atoms with Crippen LogP contribution < -0.4 is 9.46 Å². The van der Waals surface area contributed by atoms with Gasteiger partial charge in [-0.05, 0) is 88.2 Å². The van der Waals surface area contributed by atoms with E-state index in [9.17, 15) is 28.2 Å². The minimum absolute atomic E-state index is 0.0962. The van der Waals surface area contributed by atoms with Gasteiger partial charge in [-0.2, -0.15) is 0 Å². The Bertz CT molecular complexity index is 1620. The maximum atomic E-state index is 14.4. The monoisotopic (exact) mass is 681 g/mol. The van der Waals surface area contributed by atoms with E-state index in [4.69, 9.17) is 9.47 Å². The van der Waals surface area contributed by atoms with E-state index >= 15 is 0 Å². The van der Waals surface area contributed by atoms with E-state index in [0.29, 0.717) is 25.4 Å². The number of carboxylic acid groups (broad SMARTS) is 1. The molecule has 0 spiro atoms. The van der Waals surface area contributed by atoms with Crippen LogP contribution in [0, 0.1) is 5.92 Å². The number of ether oxygens (including phenoxy) is 2. The lowest BCUT2D eigenvalue weighted by Gasteiger charge is -2.36. The second kappa shape index (κ2) is 16.9. The van der Waals surface area contributed by atoms with Crippen molar-refractivity contribution in [2.45, 2.75) is 69.7 Å². The van der Waals surface area contributed by atoms with Crippen LogP contribution >= 0.6 is 0 Å². The van der Waals surface area contributed by atoms with E-state index in [0.717, 1.165) is 24.8 Å². The molecule has 0 saturated carbocycles. The van der Waals surface area contributed by atoms with Crippen LogP contribution in [0.25, 0.3) is 0 Å². The predicted octanol–water partition coefficient (Wildman–Crippen LogP) is 5.11. The predicted molar refractivity (Wildman–Crippen MR) is 184 cm³/mol. The highest BCUT2D eigenvalue weighted by atomic mass is 32.2. The zero-order chi connectivity index (χ0) is 34.8. The van der Waals surface area contributed by atoms with E-state index in [2.05, 4.69) is 9.62 Å². The summed E-state index contributed by atoms with van der Waals surface area (Å²) in [7, 11) is -1.94. The van der Waals surface area contributed by atoms with Gasteiger partial charge in [0, 0.05) is 37.8 Å². The fraction of sp³-hybridized carbons (Fsp3) is 0.444. The SMILES string of the molecule is C[C@@H]1CCCCO[C@@H](CN(C)Cc2ccc(C(=O)O)cc2)[C@H](C)CN([C@@H](C)CO)C(=O)c2cc(NS(=O)(=O)c3ccccc3)ccc2O1. The third kappa shape index (κ3) is 10.0. The Balaban J connectivity index is 1.61. The Morgan fingerprint density at radius 2 is 1.77 bits per heavy atom. The van der Waals surface area contributed by atoms with Gasteiger partial charge in [-0.1, -0.05) is 37.3 Å². The number of rotatable bonds is 10. The number of aliphatic hydroxyl groups excluding tert-OH is 1. The molecule has 0 fully saturated rings. The molecule has 11 nitrogen and oxygen atoms in total. The summed E-state index contributed by atoms with van der Waals surface area (Å²) in [5.41, 5.74) is 1.60. The van der Waals surface area contributed by atoms with E-state index in [1.54, 1.807) is 66.4 Å². The summed E-state index contributed by atoms with van der Waals surface area (Å²) in [4.78, 5) is 29.4. The molecule has 1 aliphatic rings. The van der Waals surface area contributed by atoms with E-state index in [1.165, 1.54) is 18.2 Å². The summed E-state index contributed by atoms with van der Waals surface area (Å²) < 4.78 is 41.5. The molecule has 3 aromatic carbocycles. The molecule has 4 atom stereocenters. The summed E-state index contributed by atoms with van der Waals surface area (Å²) in [5, 5.41) is 19.5. The van der Waals surface area contributed by atoms with E-state index < -0.39 is 27.9 Å². The van der Waals surface area contributed by atoms with Crippen molar-refractivity contribution in [2.75, 3.05) is 38.1 Å². The molecule has 0 aromatic heterocycles. The quantitative estimate of drug-likeness (QED) is 0.266. The number of nitrogens with zero attached hydrogens (tertiary/aromatic N) is 2. The van der Waals surface area contributed by atoms with Crippen molar-refractivity contribution in [2.24, 2.45) is 5.92 Å². The number of anilines is 1. The molecule has 48 heavy (non-hydrogen) atoms. The van der Waals surface area contributed by atoms with Gasteiger partial charge in [-0.25, -0.2) is 13.2 Å². The first-order valence-electron chi connectivity index (χ1n) is 16.3. The summed E-state index contributed by atoms with van der Waals surface area (Å²) in [6, 6.07) is 18.9. The number of nitrogens with one attached hydrogen (secondary N) is 1. The average molecular weight is 682 g/mol. The van der Waals surface area contributed by atoms with E-state index in [1.807, 2.05) is 20.9 Å². The van der Waals surface area contributed by atoms with Crippen LogP contribution in [0.4, 0.5) is 5.69 Å². The number of aromatic carboxylic acids is 1. The van der Waals surface area contributed by atoms with Crippen molar-refractivity contribution >= 4 is 27.6 Å². The minimum Gasteiger partial charge on any atom is -0.490 e. The van der Waals surface area contributed by atoms with Crippen molar-refractivity contribution in [3.63, 3.8) is 0 Å². The number of benzene rings is 3. The van der Waals surface area contributed by atoms with Gasteiger partial charge < -0.3 is 24.6 Å². The van der Waals surface area contributed by atoms with Gasteiger partial charge in [0.05, 0.1) is 40.9 Å². The lowest BCUT2D eigenvalue weighted by molar-refractivity contribution is -0.0177. The third-order valence-corrected chi connectivity index (χ3v) is 9.90. The molecule has 0 aliphatic carbocycles. The molecule has 3 aromatic rings. The van der Waals surface area contributed by atoms with Crippen molar-refractivity contribution in [1.82, 2.24) is 9.80 Å². The fourth-order valence-electron chi connectivity index (χ4n) is 5.70. The highest BCUT2D eigenvalue weighted by Gasteiger charge is 2.30. The number of carbonyl (C=O) groups is 2. The largest absolute Gasteiger partial charge is 0.490 e. The molecule has 12 heteroatoms. The molecule has 0 bridgehead atoms. The number of aliphatic hydroxyl groups is 1. The second-order valence-corrected chi connectivity index (χ2v) is 14.3. The number of hydrogen-bond donors (Lipinski definition) is 3. The lowest BCUT2D eigenvalue weighted by Crippen LogP contribution is -2.47. The minimum atomic E-state index is -3.91. The summed E-state index contributed by atoms with van der Waals surface area (Å²) in [5.74, 6) is -1.17. The Morgan fingerprint density at radius 3 is 2.44 bits per heavy atom. The van der Waals surface area contributed by atoms with Gasteiger partial charge in [0.1, 0.15) is 5.75 Å². The molecule has 1 heterocycles. The number of carboxylic acids is 1. The summed E-state index contributed by atoms with van der Waals surface area (Å²) in [6.45, 7) is 7.37. The normalized spacial score (nSPS) is 20.3. The zero-order valence-electron chi connectivity index (χ0n) is 28.0. The lowest BCUT2D eigenvalue weighted by atomic mass is 10.0. The number of likely N-dealkylation sites (N-methyl/N-ethyl adjacent to an activating group) is 1. The number of amides is 1. The van der Waals surface area contributed by atoms with Crippen LogP contribution in [0.2, 0.25) is 0 Å². The highest BCUT2D eigenvalue weighted by Crippen LogP contribution is 2.29. The molecule has 0 unspecified atom stereocenters. The van der Waals surface area contributed by atoms with Crippen LogP contribution in [0.3, 0.4) is 0 Å². The molecule has 1 amide bonds. The standard InChI is InChI=1S/C36H47N3O8S/c1-25-21-39(26(2)24-40)35(41)32-20-30(37-48(44,45)31-11-6-5-7-12-31)17-18-33(32)47-27(3)10-8-9-19-46-34(25)23-38(4)22-28-13-15-29(16-14-28)36(42)43/h5-7,11-18,20,25-27,34,37,40H,8-10,19,21-24H2,1-4H3,(H,42,43)/t25-,26+,27-,34+/m1/s1. The molecular formula is C36H47N3O8S. The Hall–Kier alpha value is -3.97. The smallest absolute Gasteiger partial charge is 0.335 e. The number of sulfonamides is 1. The topological polar surface area (TPSA) is 146 Å². The highest BCUT2D eigenvalue weighted by molar-refractivity contribution is 7.92. The second-order valence-electron chi connectivity index (χ2n) is 12.6. The first-order valence-corrected chi connectivity index (χ1v) is 17.8. The molecule has 0 saturated heterocycles. The van der Waals surface area contributed by atoms with Crippen LogP contribution in [0.15, 0.2) is 77.7 Å². The first-order chi connectivity index (χ1) is 22.9. The number of fused-ring (bicyclic) bond motifs is 1. The van der Waals surface area contributed by atoms with Crippen molar-refractivity contribution in [1.29, 1.82) is 0 Å². The van der Waals surface area contributed by atoms with Crippen LogP contribution in [0.5, 0.6) is 5.75 Å². The molecule has 0 radical (unpaired) electrons. The van der Waals surface area contributed by atoms with Gasteiger partial charge >= 0.3 is 5.97 Å². The maximum Gasteiger partial charge on any atom is 0.335 e. The zero-order valence-corrected chi connectivity index (χ0v) is 28.9. The van der Waals surface area contributed by atoms with Gasteiger partial charge in [-0.3, -0.25) is 14.4 Å². The van der Waals surface area contributed by atoms with Crippen LogP contribution in [0.1, 0.15) is 66.3 Å². The van der Waals surface area contributed by atoms with Crippen molar-refractivity contribution in [3.05, 3.63) is 89.5 Å². The summed E-state index contributed by atoms with van der Waals surface area (Å²) in [6.07, 6.45) is 1.92. The Labute approximate surface area is 283 Å². The molecule has 1 aliphatic heterocycles. The molecule has 3 N–H and O–H groups in total. The maximum absolute atomic E-state index is 14.4. The average Bonchev–Trinajstić information content (AvgIpc) is 3.06. The summed E-state index contributed by atoms with van der Waals surface area (Å²) >= 11 is 0. The van der Waals surface area contributed by atoms with Gasteiger partial charge in [0.2, 0.25) is 0 Å². The van der Waals surface area contributed by atoms with Crippen molar-refractivity contribution < 1.29 is 37.7 Å². The van der Waals surface area contributed by atoms with Gasteiger partial charge in [0.15, 0.2) is 0 Å². The fourth-order valence-corrected chi connectivity index (χ4v) is 6.77. The molecular weight excluding hydrogens is 634 g/mol. The molecule has 4 rings (SSSR count). The first kappa shape index (κ1) is 36.9. The third-order valence-electron chi connectivity index (χ3n) is 8.50. The Morgan fingerprint density at radius 1 is 1.06 bits per heavy atom. The van der Waals surface area contributed by atoms with Gasteiger partial charge in [-0.15, -0.1) is 0 Å². The Kier molecular flexibility index (Phi) is 13.0. The van der Waals surface area contributed by atoms with Crippen LogP contribution in [-0.4, -0.2) is 91.9 Å². The van der Waals surface area contributed by atoms with Crippen LogP contribution in [-0.2, 0) is 21.3 Å². The number of carbonyl (C=O) groups excluding carboxylic acids is 1. The van der Waals surface area contributed by atoms with Crippen molar-refractivity contribution in [3.8, 4) is 5.75 Å². The number of hydrogen-bond acceptors (Lipinski definition) is 8.